The van der Waals surface area contributed by atoms with Crippen molar-refractivity contribution in [2.75, 3.05) is 13.7 Å². The Morgan fingerprint density at radius 2 is 1.86 bits per heavy atom. The third kappa shape index (κ3) is 5.50. The summed E-state index contributed by atoms with van der Waals surface area (Å²) >= 11 is 0. The van der Waals surface area contributed by atoms with Crippen LogP contribution in [0.1, 0.15) is 31.5 Å². The molecule has 4 aromatic rings. The maximum Gasteiger partial charge on any atom is 0.404 e. The molecule has 1 amide bonds. The molecule has 0 spiro atoms. The topological polar surface area (TPSA) is 103 Å². The Kier molecular flexibility index (Phi) is 7.61. The minimum absolute atomic E-state index is 0.0494. The zero-order valence-corrected chi connectivity index (χ0v) is 21.2. The lowest BCUT2D eigenvalue weighted by Gasteiger charge is -2.21. The van der Waals surface area contributed by atoms with Crippen molar-refractivity contribution in [3.8, 4) is 11.5 Å². The lowest BCUT2D eigenvalue weighted by molar-refractivity contribution is 0.175. The van der Waals surface area contributed by atoms with Gasteiger partial charge in [0, 0.05) is 11.6 Å². The molecule has 2 N–H and O–H groups in total. The smallest absolute Gasteiger partial charge is 0.404 e. The van der Waals surface area contributed by atoms with Gasteiger partial charge in [-0.3, -0.25) is 9.78 Å². The van der Waals surface area contributed by atoms with Crippen LogP contribution in [0.5, 0.6) is 11.5 Å². The number of nitrogens with one attached hydrogen (secondary N) is 1. The molecule has 8 nitrogen and oxygen atoms in total. The Labute approximate surface area is 213 Å². The summed E-state index contributed by atoms with van der Waals surface area (Å²) in [5.41, 5.74) is 1.11. The van der Waals surface area contributed by atoms with Crippen LogP contribution in [0.2, 0.25) is 0 Å². The Morgan fingerprint density at radius 3 is 2.51 bits per heavy atom. The molecule has 0 aliphatic carbocycles. The zero-order chi connectivity index (χ0) is 26.7. The summed E-state index contributed by atoms with van der Waals surface area (Å²) < 4.78 is 28.5. The average molecular weight is 508 g/mol. The number of halogens is 1. The van der Waals surface area contributed by atoms with Crippen molar-refractivity contribution in [3.63, 3.8) is 0 Å². The van der Waals surface area contributed by atoms with Crippen LogP contribution >= 0.6 is 0 Å². The van der Waals surface area contributed by atoms with Gasteiger partial charge in [-0.25, -0.2) is 9.18 Å². The predicted molar refractivity (Wildman–Crippen MR) is 140 cm³/mol. The molecule has 0 saturated heterocycles. The van der Waals surface area contributed by atoms with E-state index in [4.69, 9.17) is 14.6 Å². The van der Waals surface area contributed by atoms with Crippen molar-refractivity contribution in [1.82, 2.24) is 14.9 Å². The first kappa shape index (κ1) is 25.9. The third-order valence-corrected chi connectivity index (χ3v) is 6.26. The number of hydrogen-bond donors (Lipinski definition) is 2. The van der Waals surface area contributed by atoms with Gasteiger partial charge in [-0.05, 0) is 60.5 Å². The van der Waals surface area contributed by atoms with Crippen molar-refractivity contribution in [3.05, 3.63) is 76.1 Å². The van der Waals surface area contributed by atoms with Crippen molar-refractivity contribution in [2.45, 2.75) is 39.8 Å². The molecule has 2 heterocycles. The van der Waals surface area contributed by atoms with Crippen LogP contribution in [-0.2, 0) is 6.54 Å². The van der Waals surface area contributed by atoms with Crippen molar-refractivity contribution >= 4 is 27.8 Å². The van der Waals surface area contributed by atoms with Gasteiger partial charge in [0.1, 0.15) is 12.4 Å². The molecular formula is C28H30FN3O5. The van der Waals surface area contributed by atoms with Crippen LogP contribution in [-0.4, -0.2) is 40.5 Å². The highest BCUT2D eigenvalue weighted by Crippen LogP contribution is 2.31. The summed E-state index contributed by atoms with van der Waals surface area (Å²) in [5, 5.41) is 13.2. The van der Waals surface area contributed by atoms with E-state index in [1.54, 1.807) is 44.5 Å². The van der Waals surface area contributed by atoms with Crippen molar-refractivity contribution < 1.29 is 23.8 Å². The summed E-state index contributed by atoms with van der Waals surface area (Å²) in [4.78, 5) is 29.2. The van der Waals surface area contributed by atoms with E-state index in [-0.39, 0.29) is 35.9 Å². The van der Waals surface area contributed by atoms with Gasteiger partial charge in [0.15, 0.2) is 11.6 Å². The fraction of sp³-hybridized carbons (Fsp3) is 0.321. The van der Waals surface area contributed by atoms with Crippen molar-refractivity contribution in [1.29, 1.82) is 0 Å². The maximum atomic E-state index is 16.1. The molecule has 4 rings (SSSR count). The Balaban J connectivity index is 1.84. The number of hydrogen-bond acceptors (Lipinski definition) is 5. The van der Waals surface area contributed by atoms with E-state index in [0.29, 0.717) is 34.0 Å². The number of nitrogens with zero attached hydrogens (tertiary/aromatic N) is 2. The summed E-state index contributed by atoms with van der Waals surface area (Å²) in [7, 11) is 1.57. The fourth-order valence-electron chi connectivity index (χ4n) is 4.60. The van der Waals surface area contributed by atoms with Crippen LogP contribution < -0.4 is 20.3 Å². The second kappa shape index (κ2) is 10.9. The van der Waals surface area contributed by atoms with Gasteiger partial charge in [0.05, 0.1) is 36.3 Å². The SMILES string of the molecule is COc1ccc(Cn2c(=O)c3c(C)nccc3c3ccc(OCC(CC(C)C)NC(=O)O)c(F)c32)cc1. The molecule has 1 unspecified atom stereocenters. The number of carbonyl (C=O) groups is 1. The Bertz CT molecular complexity index is 1500. The van der Waals surface area contributed by atoms with Crippen LogP contribution in [0.15, 0.2) is 53.5 Å². The molecule has 9 heteroatoms. The van der Waals surface area contributed by atoms with Gasteiger partial charge in [0.2, 0.25) is 0 Å². The van der Waals surface area contributed by atoms with E-state index < -0.39 is 18.0 Å². The molecule has 1 atom stereocenters. The molecular weight excluding hydrogens is 477 g/mol. The van der Waals surface area contributed by atoms with E-state index >= 15 is 4.39 Å². The number of carboxylic acid groups (broad SMARTS) is 1. The van der Waals surface area contributed by atoms with E-state index in [0.717, 1.165) is 5.56 Å². The zero-order valence-electron chi connectivity index (χ0n) is 21.2. The number of benzene rings is 2. The van der Waals surface area contributed by atoms with Gasteiger partial charge < -0.3 is 24.5 Å². The predicted octanol–water partition coefficient (Wildman–Crippen LogP) is 5.12. The normalized spacial score (nSPS) is 12.2. The van der Waals surface area contributed by atoms with E-state index in [2.05, 4.69) is 10.3 Å². The number of aromatic nitrogens is 2. The van der Waals surface area contributed by atoms with Crippen molar-refractivity contribution in [2.24, 2.45) is 5.92 Å². The third-order valence-electron chi connectivity index (χ3n) is 6.26. The number of aryl methyl sites for hydroxylation is 1. The first-order chi connectivity index (χ1) is 17.7. The minimum Gasteiger partial charge on any atom is -0.497 e. The molecule has 0 aliphatic rings. The number of pyridine rings is 2. The van der Waals surface area contributed by atoms with Crippen LogP contribution in [0.4, 0.5) is 9.18 Å². The van der Waals surface area contributed by atoms with Gasteiger partial charge in [0.25, 0.3) is 5.56 Å². The van der Waals surface area contributed by atoms with Crippen LogP contribution in [0, 0.1) is 18.7 Å². The standard InChI is InChI=1S/C28H30FN3O5/c1-16(2)13-19(31-28(34)35)15-37-23-10-9-22-21-11-12-30-17(3)24(21)27(33)32(26(22)25(23)29)14-18-5-7-20(36-4)8-6-18/h5-12,16,19,31H,13-15H2,1-4H3,(H,34,35). The van der Waals surface area contributed by atoms with E-state index in [1.807, 2.05) is 26.0 Å². The number of methoxy groups -OCH3 is 1. The lowest BCUT2D eigenvalue weighted by atomic mass is 10.0. The van der Waals surface area contributed by atoms with Crippen LogP contribution in [0.25, 0.3) is 21.7 Å². The molecule has 0 saturated carbocycles. The van der Waals surface area contributed by atoms with Gasteiger partial charge in [-0.15, -0.1) is 0 Å². The quantitative estimate of drug-likeness (QED) is 0.305. The first-order valence-corrected chi connectivity index (χ1v) is 12.0. The summed E-state index contributed by atoms with van der Waals surface area (Å²) in [6.45, 7) is 5.76. The molecule has 0 radical (unpaired) electrons. The summed E-state index contributed by atoms with van der Waals surface area (Å²) in [6.07, 6.45) is 0.957. The largest absolute Gasteiger partial charge is 0.497 e. The molecule has 37 heavy (non-hydrogen) atoms. The summed E-state index contributed by atoms with van der Waals surface area (Å²) in [5.74, 6) is 0.145. The molecule has 2 aromatic carbocycles. The molecule has 194 valence electrons. The van der Waals surface area contributed by atoms with Crippen LogP contribution in [0.3, 0.4) is 0 Å². The maximum absolute atomic E-state index is 16.1. The Morgan fingerprint density at radius 1 is 1.14 bits per heavy atom. The first-order valence-electron chi connectivity index (χ1n) is 12.0. The number of fused-ring (bicyclic) bond motifs is 3. The highest BCUT2D eigenvalue weighted by molar-refractivity contribution is 6.06. The molecule has 2 aromatic heterocycles. The molecule has 0 fully saturated rings. The highest BCUT2D eigenvalue weighted by Gasteiger charge is 2.21. The molecule has 0 aliphatic heterocycles. The molecule has 0 bridgehead atoms. The van der Waals surface area contributed by atoms with Gasteiger partial charge >= 0.3 is 6.09 Å². The highest BCUT2D eigenvalue weighted by atomic mass is 19.1. The number of amides is 1. The number of rotatable bonds is 9. The van der Waals surface area contributed by atoms with Gasteiger partial charge in [-0.1, -0.05) is 26.0 Å². The second-order valence-corrected chi connectivity index (χ2v) is 9.42. The average Bonchev–Trinajstić information content (AvgIpc) is 2.85. The summed E-state index contributed by atoms with van der Waals surface area (Å²) in [6, 6.07) is 11.6. The fourth-order valence-corrected chi connectivity index (χ4v) is 4.60. The second-order valence-electron chi connectivity index (χ2n) is 9.42. The van der Waals surface area contributed by atoms with Gasteiger partial charge in [-0.2, -0.15) is 0 Å². The minimum atomic E-state index is -1.17. The monoisotopic (exact) mass is 507 g/mol. The van der Waals surface area contributed by atoms with E-state index in [9.17, 15) is 9.59 Å². The number of ether oxygens (including phenoxy) is 2. The lowest BCUT2D eigenvalue weighted by Crippen LogP contribution is -2.39. The van der Waals surface area contributed by atoms with E-state index in [1.165, 1.54) is 10.6 Å². The Hall–Kier alpha value is -4.14.